The van der Waals surface area contributed by atoms with Gasteiger partial charge in [-0.3, -0.25) is 0 Å². The first-order valence-electron chi connectivity index (χ1n) is 4.41. The van der Waals surface area contributed by atoms with Crippen molar-refractivity contribution in [1.29, 1.82) is 0 Å². The maximum absolute atomic E-state index is 13.6. The van der Waals surface area contributed by atoms with Crippen LogP contribution in [-0.2, 0) is 0 Å². The zero-order chi connectivity index (χ0) is 11.7. The van der Waals surface area contributed by atoms with Gasteiger partial charge in [0.2, 0.25) is 0 Å². The molecule has 0 aliphatic carbocycles. The highest BCUT2D eigenvalue weighted by atomic mass is 35.5. The molecule has 0 bridgehead atoms. The van der Waals surface area contributed by atoms with Crippen LogP contribution in [0.5, 0.6) is 0 Å². The lowest BCUT2D eigenvalue weighted by molar-refractivity contribution is 0.579. The van der Waals surface area contributed by atoms with Crippen molar-refractivity contribution in [2.24, 2.45) is 0 Å². The predicted molar refractivity (Wildman–Crippen MR) is 55.6 cm³/mol. The van der Waals surface area contributed by atoms with Crippen LogP contribution in [0.4, 0.5) is 13.2 Å². The number of benzene rings is 2. The fourth-order valence-electron chi connectivity index (χ4n) is 1.36. The van der Waals surface area contributed by atoms with Crippen LogP contribution in [0.15, 0.2) is 30.3 Å². The van der Waals surface area contributed by atoms with E-state index in [9.17, 15) is 13.2 Å². The van der Waals surface area contributed by atoms with Crippen molar-refractivity contribution in [3.05, 3.63) is 58.9 Å². The normalized spacial score (nSPS) is 10.5. The van der Waals surface area contributed by atoms with E-state index in [4.69, 9.17) is 11.6 Å². The maximum atomic E-state index is 13.6. The predicted octanol–water partition coefficient (Wildman–Crippen LogP) is 4.22. The topological polar surface area (TPSA) is 0 Å². The molecule has 0 amide bonds. The third-order valence-electron chi connectivity index (χ3n) is 2.10. The summed E-state index contributed by atoms with van der Waals surface area (Å²) >= 11 is 5.57. The van der Waals surface area contributed by atoms with E-state index in [2.05, 4.69) is 0 Å². The molecule has 0 unspecified atom stereocenters. The van der Waals surface area contributed by atoms with E-state index in [-0.39, 0.29) is 16.1 Å². The van der Waals surface area contributed by atoms with Gasteiger partial charge in [-0.2, -0.15) is 0 Å². The molecule has 0 fully saturated rings. The molecule has 1 radical (unpaired) electrons. The van der Waals surface area contributed by atoms with Crippen LogP contribution in [0.2, 0.25) is 5.02 Å². The molecule has 16 heavy (non-hydrogen) atoms. The molecule has 0 aliphatic heterocycles. The Hall–Kier alpha value is -1.48. The van der Waals surface area contributed by atoms with Gasteiger partial charge in [0, 0.05) is 11.1 Å². The third kappa shape index (κ3) is 1.91. The lowest BCUT2D eigenvalue weighted by atomic mass is 10.0. The second-order valence-electron chi connectivity index (χ2n) is 3.14. The molecule has 0 saturated heterocycles. The van der Waals surface area contributed by atoms with Crippen molar-refractivity contribution < 1.29 is 13.2 Å². The average molecular weight is 242 g/mol. The number of halogens is 4. The summed E-state index contributed by atoms with van der Waals surface area (Å²) in [5.74, 6) is -2.51. The Morgan fingerprint density at radius 2 is 1.69 bits per heavy atom. The first kappa shape index (κ1) is 11.0. The fourth-order valence-corrected chi connectivity index (χ4v) is 1.54. The zero-order valence-electron chi connectivity index (χ0n) is 7.90. The van der Waals surface area contributed by atoms with Crippen molar-refractivity contribution in [1.82, 2.24) is 0 Å². The molecule has 0 aromatic heterocycles. The maximum Gasteiger partial charge on any atom is 0.149 e. The van der Waals surface area contributed by atoms with Crippen molar-refractivity contribution in [3.63, 3.8) is 0 Å². The summed E-state index contributed by atoms with van der Waals surface area (Å²) in [5, 5.41) is -0.110. The standard InChI is InChI=1S/C12H5ClF3/c13-10-3-1-2-9(12(10)16)8-5-4-7(14)6-11(8)15/h1-5H. The van der Waals surface area contributed by atoms with Gasteiger partial charge in [-0.25, -0.2) is 13.2 Å². The molecule has 0 N–H and O–H groups in total. The molecule has 0 heterocycles. The second kappa shape index (κ2) is 4.18. The molecule has 2 rings (SSSR count). The molecule has 0 aliphatic rings. The van der Waals surface area contributed by atoms with Gasteiger partial charge >= 0.3 is 0 Å². The van der Waals surface area contributed by atoms with Crippen LogP contribution in [0.1, 0.15) is 0 Å². The van der Waals surface area contributed by atoms with E-state index in [0.717, 1.165) is 12.1 Å². The summed E-state index contributed by atoms with van der Waals surface area (Å²) in [7, 11) is 0. The Kier molecular flexibility index (Phi) is 2.88. The van der Waals surface area contributed by atoms with Gasteiger partial charge in [-0.05, 0) is 18.2 Å². The number of hydrogen-bond donors (Lipinski definition) is 0. The summed E-state index contributed by atoms with van der Waals surface area (Å²) in [6.07, 6.45) is 0. The smallest absolute Gasteiger partial charge is 0.149 e. The molecular formula is C12H5ClF3. The molecule has 2 aromatic carbocycles. The van der Waals surface area contributed by atoms with Gasteiger partial charge in [0.05, 0.1) is 11.1 Å². The minimum atomic E-state index is -0.943. The summed E-state index contributed by atoms with van der Waals surface area (Å²) in [6, 6.07) is 8.21. The van der Waals surface area contributed by atoms with E-state index in [1.807, 2.05) is 6.07 Å². The minimum absolute atomic E-state index is 0.0127. The molecule has 0 saturated carbocycles. The molecular weight excluding hydrogens is 237 g/mol. The molecule has 0 spiro atoms. The van der Waals surface area contributed by atoms with E-state index in [1.165, 1.54) is 18.2 Å². The van der Waals surface area contributed by atoms with Crippen molar-refractivity contribution in [2.45, 2.75) is 0 Å². The largest absolute Gasteiger partial charge is 0.206 e. The van der Waals surface area contributed by atoms with Crippen LogP contribution in [-0.4, -0.2) is 0 Å². The Bertz CT molecular complexity index is 538. The van der Waals surface area contributed by atoms with Crippen LogP contribution < -0.4 is 0 Å². The first-order chi connectivity index (χ1) is 7.59. The quantitative estimate of drug-likeness (QED) is 0.701. The highest BCUT2D eigenvalue weighted by Gasteiger charge is 2.13. The van der Waals surface area contributed by atoms with E-state index < -0.39 is 17.5 Å². The fraction of sp³-hybridized carbons (Fsp3) is 0. The minimum Gasteiger partial charge on any atom is -0.206 e. The molecule has 81 valence electrons. The van der Waals surface area contributed by atoms with Crippen LogP contribution in [0, 0.1) is 23.5 Å². The Morgan fingerprint density at radius 3 is 2.38 bits per heavy atom. The van der Waals surface area contributed by atoms with Crippen LogP contribution in [0.25, 0.3) is 11.1 Å². The van der Waals surface area contributed by atoms with Gasteiger partial charge in [0.25, 0.3) is 0 Å². The van der Waals surface area contributed by atoms with Gasteiger partial charge in [-0.1, -0.05) is 23.7 Å². The SMILES string of the molecule is Fc1[c]c(F)c(-c2cccc(Cl)c2F)cc1. The summed E-state index contributed by atoms with van der Waals surface area (Å²) in [6.45, 7) is 0. The van der Waals surface area contributed by atoms with Crippen molar-refractivity contribution >= 4 is 11.6 Å². The Labute approximate surface area is 95.3 Å². The van der Waals surface area contributed by atoms with Gasteiger partial charge in [-0.15, -0.1) is 0 Å². The molecule has 0 nitrogen and oxygen atoms in total. The van der Waals surface area contributed by atoms with Crippen molar-refractivity contribution in [3.8, 4) is 11.1 Å². The molecule has 4 heteroatoms. The summed E-state index contributed by atoms with van der Waals surface area (Å²) < 4.78 is 39.5. The van der Waals surface area contributed by atoms with Crippen LogP contribution >= 0.6 is 11.6 Å². The zero-order valence-corrected chi connectivity index (χ0v) is 8.65. The Balaban J connectivity index is 2.63. The van der Waals surface area contributed by atoms with E-state index in [1.54, 1.807) is 0 Å². The highest BCUT2D eigenvalue weighted by Crippen LogP contribution is 2.29. The number of hydrogen-bond acceptors (Lipinski definition) is 0. The number of rotatable bonds is 1. The van der Waals surface area contributed by atoms with Gasteiger partial charge in [0.15, 0.2) is 0 Å². The molecule has 0 atom stereocenters. The van der Waals surface area contributed by atoms with E-state index in [0.29, 0.717) is 0 Å². The summed E-state index contributed by atoms with van der Waals surface area (Å²) in [4.78, 5) is 0. The highest BCUT2D eigenvalue weighted by molar-refractivity contribution is 6.31. The third-order valence-corrected chi connectivity index (χ3v) is 2.40. The van der Waals surface area contributed by atoms with Crippen molar-refractivity contribution in [2.75, 3.05) is 0 Å². The Morgan fingerprint density at radius 1 is 0.938 bits per heavy atom. The average Bonchev–Trinajstić information content (AvgIpc) is 2.23. The van der Waals surface area contributed by atoms with Gasteiger partial charge in [0.1, 0.15) is 17.5 Å². The second-order valence-corrected chi connectivity index (χ2v) is 3.54. The monoisotopic (exact) mass is 241 g/mol. The first-order valence-corrected chi connectivity index (χ1v) is 4.79. The van der Waals surface area contributed by atoms with E-state index >= 15 is 0 Å². The van der Waals surface area contributed by atoms with Gasteiger partial charge < -0.3 is 0 Å². The lowest BCUT2D eigenvalue weighted by Crippen LogP contribution is -1.90. The van der Waals surface area contributed by atoms with Crippen LogP contribution in [0.3, 0.4) is 0 Å². The summed E-state index contributed by atoms with van der Waals surface area (Å²) in [5.41, 5.74) is -0.0809. The molecule has 2 aromatic rings. The lowest BCUT2D eigenvalue weighted by Gasteiger charge is -2.05.